The van der Waals surface area contributed by atoms with E-state index in [1.165, 1.54) is 5.38 Å². The van der Waals surface area contributed by atoms with Gasteiger partial charge in [-0.05, 0) is 25.8 Å². The van der Waals surface area contributed by atoms with E-state index in [1.807, 2.05) is 10.8 Å². The van der Waals surface area contributed by atoms with Gasteiger partial charge in [-0.15, -0.1) is 21.5 Å². The third kappa shape index (κ3) is 5.17. The van der Waals surface area contributed by atoms with Crippen LogP contribution in [0.1, 0.15) is 47.9 Å². The van der Waals surface area contributed by atoms with E-state index in [2.05, 4.69) is 35.4 Å². The van der Waals surface area contributed by atoms with Crippen molar-refractivity contribution in [3.8, 4) is 16.5 Å². The summed E-state index contributed by atoms with van der Waals surface area (Å²) < 4.78 is 47.9. The molecule has 1 saturated carbocycles. The topological polar surface area (TPSA) is 136 Å². The van der Waals surface area contributed by atoms with Crippen LogP contribution in [0.4, 0.5) is 29.5 Å². The molecule has 0 aromatic carbocycles. The first kappa shape index (κ1) is 27.3. The monoisotopic (exact) mass is 614 g/mol. The molecule has 2 aliphatic heterocycles. The number of halogens is 3. The van der Waals surface area contributed by atoms with Gasteiger partial charge >= 0.3 is 12.3 Å². The molecule has 2 amide bonds. The predicted octanol–water partition coefficient (Wildman–Crippen LogP) is 3.88. The molecule has 3 fully saturated rings. The second-order valence-electron chi connectivity index (χ2n) is 10.7. The van der Waals surface area contributed by atoms with Crippen LogP contribution in [-0.4, -0.2) is 89.6 Å². The lowest BCUT2D eigenvalue weighted by atomic mass is 10.1. The zero-order valence-corrected chi connectivity index (χ0v) is 23.5. The van der Waals surface area contributed by atoms with Crippen molar-refractivity contribution in [2.24, 2.45) is 0 Å². The maximum absolute atomic E-state index is 13.3. The Morgan fingerprint density at radius 1 is 1.19 bits per heavy atom. The Labute approximate surface area is 246 Å². The molecule has 2 saturated heterocycles. The number of hydrogen-bond acceptors (Lipinski definition) is 10. The summed E-state index contributed by atoms with van der Waals surface area (Å²) in [6, 6.07) is -0.264. The number of hydrogen-bond donors (Lipinski definition) is 1. The number of thiazole rings is 1. The first-order chi connectivity index (χ1) is 20.7. The number of imidazole rings is 1. The molecule has 4 aromatic heterocycles. The zero-order chi connectivity index (χ0) is 29.9. The van der Waals surface area contributed by atoms with Crippen LogP contribution in [0.5, 0.6) is 0 Å². The van der Waals surface area contributed by atoms with Gasteiger partial charge in [0, 0.05) is 37.1 Å². The fraction of sp³-hybridized carbons (Fsp3) is 0.423. The van der Waals surface area contributed by atoms with Crippen LogP contribution >= 0.6 is 11.3 Å². The van der Waals surface area contributed by atoms with Crippen molar-refractivity contribution in [2.45, 2.75) is 43.9 Å². The number of amides is 2. The van der Waals surface area contributed by atoms with E-state index < -0.39 is 18.1 Å². The summed E-state index contributed by atoms with van der Waals surface area (Å²) in [6.45, 7) is 2.94. The molecule has 4 aromatic rings. The second-order valence-corrected chi connectivity index (χ2v) is 11.5. The van der Waals surface area contributed by atoms with E-state index in [-0.39, 0.29) is 34.5 Å². The highest BCUT2D eigenvalue weighted by atomic mass is 32.1. The lowest BCUT2D eigenvalue weighted by Gasteiger charge is -2.37. The molecule has 1 N–H and O–H groups in total. The van der Waals surface area contributed by atoms with Crippen molar-refractivity contribution in [2.75, 3.05) is 36.5 Å². The van der Waals surface area contributed by atoms with Gasteiger partial charge < -0.3 is 19.5 Å². The van der Waals surface area contributed by atoms with E-state index in [1.54, 1.807) is 23.5 Å². The summed E-state index contributed by atoms with van der Waals surface area (Å²) in [5, 5.41) is 11.8. The van der Waals surface area contributed by atoms with E-state index >= 15 is 0 Å². The van der Waals surface area contributed by atoms with Crippen molar-refractivity contribution in [3.05, 3.63) is 47.9 Å². The molecule has 1 aliphatic carbocycles. The van der Waals surface area contributed by atoms with Crippen molar-refractivity contribution in [3.63, 3.8) is 0 Å². The highest BCUT2D eigenvalue weighted by Crippen LogP contribution is 2.40. The molecule has 13 nitrogen and oxygen atoms in total. The molecule has 0 spiro atoms. The van der Waals surface area contributed by atoms with Crippen LogP contribution in [0.25, 0.3) is 16.5 Å². The van der Waals surface area contributed by atoms with E-state index in [0.717, 1.165) is 53.4 Å². The average Bonchev–Trinajstić information content (AvgIpc) is 3.38. The number of cyclic esters (lactones) is 1. The number of piperazine rings is 1. The second kappa shape index (κ2) is 10.3. The zero-order valence-electron chi connectivity index (χ0n) is 22.7. The fourth-order valence-corrected chi connectivity index (χ4v) is 5.97. The Bertz CT molecular complexity index is 1700. The molecule has 2 unspecified atom stereocenters. The largest absolute Gasteiger partial charge is 0.447 e. The van der Waals surface area contributed by atoms with Crippen LogP contribution in [0.15, 0.2) is 36.5 Å². The quantitative estimate of drug-likeness (QED) is 0.329. The minimum atomic E-state index is -4.49. The number of fused-ring (bicyclic) bond motifs is 1. The normalized spacial score (nSPS) is 19.3. The summed E-state index contributed by atoms with van der Waals surface area (Å²) >= 11 is 1.03. The Balaban J connectivity index is 1.15. The number of carbonyl (C=O) groups excluding carboxylic acids is 2. The number of pyridine rings is 1. The summed E-state index contributed by atoms with van der Waals surface area (Å²) in [4.78, 5) is 42.4. The van der Waals surface area contributed by atoms with Gasteiger partial charge in [0.25, 0.3) is 5.91 Å². The van der Waals surface area contributed by atoms with E-state index in [4.69, 9.17) is 4.74 Å². The van der Waals surface area contributed by atoms with Crippen LogP contribution in [0.2, 0.25) is 0 Å². The van der Waals surface area contributed by atoms with Gasteiger partial charge in [0.15, 0.2) is 10.8 Å². The van der Waals surface area contributed by atoms with Crippen molar-refractivity contribution >= 4 is 34.8 Å². The Hall–Kier alpha value is -4.54. The maximum Gasteiger partial charge on any atom is 0.410 e. The lowest BCUT2D eigenvalue weighted by Crippen LogP contribution is -2.52. The lowest BCUT2D eigenvalue weighted by molar-refractivity contribution is -0.162. The molecular formula is C26H25F3N10O3S. The van der Waals surface area contributed by atoms with Gasteiger partial charge in [-0.1, -0.05) is 0 Å². The number of nitrogens with one attached hydrogen (secondary N) is 1. The number of carbonyl (C=O) groups is 2. The smallest absolute Gasteiger partial charge is 0.410 e. The number of alkyl halides is 3. The Kier molecular flexibility index (Phi) is 6.55. The molecule has 224 valence electrons. The highest BCUT2D eigenvalue weighted by molar-refractivity contribution is 7.13. The summed E-state index contributed by atoms with van der Waals surface area (Å²) in [6.07, 6.45) is 3.69. The van der Waals surface area contributed by atoms with Gasteiger partial charge in [0.05, 0.1) is 35.6 Å². The predicted molar refractivity (Wildman–Crippen MR) is 147 cm³/mol. The van der Waals surface area contributed by atoms with E-state index in [0.29, 0.717) is 37.8 Å². The number of anilines is 2. The van der Waals surface area contributed by atoms with E-state index in [9.17, 15) is 22.8 Å². The Morgan fingerprint density at radius 3 is 2.81 bits per heavy atom. The summed E-state index contributed by atoms with van der Waals surface area (Å²) in [7, 11) is 0. The molecule has 43 heavy (non-hydrogen) atoms. The van der Waals surface area contributed by atoms with Gasteiger partial charge in [-0.3, -0.25) is 14.3 Å². The minimum Gasteiger partial charge on any atom is -0.447 e. The van der Waals surface area contributed by atoms with Crippen LogP contribution in [-0.2, 0) is 4.74 Å². The fourth-order valence-electron chi connectivity index (χ4n) is 5.23. The number of nitrogens with zero attached hydrogens (tertiary/aromatic N) is 9. The molecule has 2 atom stereocenters. The molecule has 3 aliphatic rings. The van der Waals surface area contributed by atoms with Gasteiger partial charge in [0.1, 0.15) is 30.5 Å². The first-order valence-corrected chi connectivity index (χ1v) is 14.5. The van der Waals surface area contributed by atoms with Gasteiger partial charge in [-0.25, -0.2) is 19.7 Å². The minimum absolute atomic E-state index is 0.0545. The highest BCUT2D eigenvalue weighted by Gasteiger charge is 2.40. The molecular weight excluding hydrogens is 589 g/mol. The molecule has 6 heterocycles. The van der Waals surface area contributed by atoms with Crippen LogP contribution < -0.4 is 10.2 Å². The number of rotatable bonds is 7. The summed E-state index contributed by atoms with van der Waals surface area (Å²) in [5.41, 5.74) is 2.58. The number of ether oxygens (including phenoxy) is 1. The average molecular weight is 615 g/mol. The van der Waals surface area contributed by atoms with Gasteiger partial charge in [0.2, 0.25) is 0 Å². The van der Waals surface area contributed by atoms with Crippen LogP contribution in [0, 0.1) is 0 Å². The molecule has 17 heteroatoms. The molecule has 0 radical (unpaired) electrons. The van der Waals surface area contributed by atoms with Crippen LogP contribution in [0.3, 0.4) is 0 Å². The first-order valence-electron chi connectivity index (χ1n) is 13.6. The van der Waals surface area contributed by atoms with Crippen molar-refractivity contribution in [1.82, 2.24) is 39.2 Å². The third-order valence-electron chi connectivity index (χ3n) is 7.83. The SMILES string of the molecule is CC(n1cnnc1-c1nc(NC(=O)c2cc(-n3cnc(C4CC4)c3)c(N3CCN4C(=O)OCC4C3)cn2)cs1)C(F)(F)F. The summed E-state index contributed by atoms with van der Waals surface area (Å²) in [5.74, 6) is -0.0198. The van der Waals surface area contributed by atoms with Gasteiger partial charge in [-0.2, -0.15) is 13.2 Å². The maximum atomic E-state index is 13.3. The molecule has 7 rings (SSSR count). The molecule has 0 bridgehead atoms. The standard InChI is InChI=1S/C26H25F3N10O3S/c1-14(26(27,28)29)39-13-32-35-22(39)24-34-21(11-43-24)33-23(40)17-6-19(37-9-18(31-12-37)15-2-3-15)20(7-30-17)36-4-5-38-16(8-36)10-42-25(38)41/h6-7,9,11-16H,2-5,8,10H2,1H3,(H,33,40). The number of aromatic nitrogens is 7. The van der Waals surface area contributed by atoms with Crippen molar-refractivity contribution in [1.29, 1.82) is 0 Å². The van der Waals surface area contributed by atoms with Crippen molar-refractivity contribution < 1.29 is 27.5 Å². The third-order valence-corrected chi connectivity index (χ3v) is 8.67. The Morgan fingerprint density at radius 2 is 2.02 bits per heavy atom.